The van der Waals surface area contributed by atoms with Crippen LogP contribution in [0, 0.1) is 6.92 Å². The normalized spacial score (nSPS) is 10.2. The molecule has 2 rings (SSSR count). The first-order chi connectivity index (χ1) is 9.13. The standard InChI is InChI=1S/C14H15N3OS/c1-10-3-2-4-11(7-10)17-14(18)9-19-12-5-6-13(15)16-8-12/h2-8H,9H2,1H3,(H2,15,16)(H,17,18). The number of nitrogens with two attached hydrogens (primary N) is 1. The van der Waals surface area contributed by atoms with E-state index in [1.807, 2.05) is 37.3 Å². The molecule has 98 valence electrons. The molecular formula is C14H15N3OS. The van der Waals surface area contributed by atoms with Crippen molar-refractivity contribution in [2.24, 2.45) is 0 Å². The predicted octanol–water partition coefficient (Wildman–Crippen LogP) is 2.70. The van der Waals surface area contributed by atoms with Crippen LogP contribution >= 0.6 is 11.8 Å². The summed E-state index contributed by atoms with van der Waals surface area (Å²) in [6.07, 6.45) is 1.67. The van der Waals surface area contributed by atoms with Gasteiger partial charge in [-0.1, -0.05) is 12.1 Å². The van der Waals surface area contributed by atoms with Crippen LogP contribution in [0.1, 0.15) is 5.56 Å². The summed E-state index contributed by atoms with van der Waals surface area (Å²) >= 11 is 1.43. The van der Waals surface area contributed by atoms with Crippen LogP contribution in [0.4, 0.5) is 11.5 Å². The summed E-state index contributed by atoms with van der Waals surface area (Å²) in [6, 6.07) is 11.3. The number of carbonyl (C=O) groups excluding carboxylic acids is 1. The molecule has 2 aromatic rings. The highest BCUT2D eigenvalue weighted by Crippen LogP contribution is 2.18. The van der Waals surface area contributed by atoms with Crippen LogP contribution in [0.15, 0.2) is 47.5 Å². The summed E-state index contributed by atoms with van der Waals surface area (Å²) in [7, 11) is 0. The molecule has 19 heavy (non-hydrogen) atoms. The summed E-state index contributed by atoms with van der Waals surface area (Å²) in [6.45, 7) is 1.99. The molecule has 5 heteroatoms. The number of carbonyl (C=O) groups is 1. The molecular weight excluding hydrogens is 258 g/mol. The minimum Gasteiger partial charge on any atom is -0.384 e. The minimum absolute atomic E-state index is 0.0348. The zero-order chi connectivity index (χ0) is 13.7. The van der Waals surface area contributed by atoms with Crippen molar-refractivity contribution in [1.82, 2.24) is 4.98 Å². The van der Waals surface area contributed by atoms with E-state index in [1.165, 1.54) is 11.8 Å². The van der Waals surface area contributed by atoms with E-state index in [0.717, 1.165) is 16.1 Å². The smallest absolute Gasteiger partial charge is 0.234 e. The lowest BCUT2D eigenvalue weighted by Gasteiger charge is -2.05. The topological polar surface area (TPSA) is 68.0 Å². The SMILES string of the molecule is Cc1cccc(NC(=O)CSc2ccc(N)nc2)c1. The van der Waals surface area contributed by atoms with Crippen molar-refractivity contribution < 1.29 is 4.79 Å². The molecule has 1 amide bonds. The average molecular weight is 273 g/mol. The first kappa shape index (κ1) is 13.4. The van der Waals surface area contributed by atoms with Gasteiger partial charge in [-0.2, -0.15) is 0 Å². The summed E-state index contributed by atoms with van der Waals surface area (Å²) in [4.78, 5) is 16.7. The van der Waals surface area contributed by atoms with Gasteiger partial charge in [-0.15, -0.1) is 11.8 Å². The third-order valence-corrected chi connectivity index (χ3v) is 3.41. The van der Waals surface area contributed by atoms with Crippen LogP contribution < -0.4 is 11.1 Å². The fourth-order valence-corrected chi connectivity index (χ4v) is 2.21. The number of benzene rings is 1. The lowest BCUT2D eigenvalue weighted by molar-refractivity contribution is -0.113. The van der Waals surface area contributed by atoms with Crippen molar-refractivity contribution >= 4 is 29.2 Å². The maximum atomic E-state index is 11.8. The Balaban J connectivity index is 1.86. The number of pyridine rings is 1. The number of nitrogens with zero attached hydrogens (tertiary/aromatic N) is 1. The number of aryl methyl sites for hydroxylation is 1. The Morgan fingerprint density at radius 2 is 2.21 bits per heavy atom. The molecule has 1 heterocycles. The molecule has 0 aliphatic heterocycles. The van der Waals surface area contributed by atoms with Crippen LogP contribution in [0.25, 0.3) is 0 Å². The maximum Gasteiger partial charge on any atom is 0.234 e. The van der Waals surface area contributed by atoms with Crippen molar-refractivity contribution in [3.8, 4) is 0 Å². The van der Waals surface area contributed by atoms with Gasteiger partial charge in [0.05, 0.1) is 5.75 Å². The molecule has 0 saturated carbocycles. The van der Waals surface area contributed by atoms with E-state index in [2.05, 4.69) is 10.3 Å². The van der Waals surface area contributed by atoms with Crippen LogP contribution in [-0.4, -0.2) is 16.6 Å². The van der Waals surface area contributed by atoms with Gasteiger partial charge in [-0.05, 0) is 36.8 Å². The number of aromatic nitrogens is 1. The van der Waals surface area contributed by atoms with Gasteiger partial charge in [0.1, 0.15) is 5.82 Å². The van der Waals surface area contributed by atoms with Crippen molar-refractivity contribution in [2.75, 3.05) is 16.8 Å². The lowest BCUT2D eigenvalue weighted by atomic mass is 10.2. The Hall–Kier alpha value is -2.01. The first-order valence-electron chi connectivity index (χ1n) is 5.84. The fraction of sp³-hybridized carbons (Fsp3) is 0.143. The van der Waals surface area contributed by atoms with Crippen LogP contribution in [0.5, 0.6) is 0 Å². The lowest BCUT2D eigenvalue weighted by Crippen LogP contribution is -2.13. The third-order valence-electron chi connectivity index (χ3n) is 2.43. The monoisotopic (exact) mass is 273 g/mol. The second-order valence-corrected chi connectivity index (χ2v) is 5.17. The minimum atomic E-state index is -0.0348. The molecule has 0 aliphatic carbocycles. The highest BCUT2D eigenvalue weighted by atomic mass is 32.2. The van der Waals surface area contributed by atoms with Crippen LogP contribution in [0.3, 0.4) is 0 Å². The number of amides is 1. The summed E-state index contributed by atoms with van der Waals surface area (Å²) in [5.41, 5.74) is 7.44. The molecule has 0 unspecified atom stereocenters. The largest absolute Gasteiger partial charge is 0.384 e. The zero-order valence-corrected chi connectivity index (χ0v) is 11.4. The van der Waals surface area contributed by atoms with E-state index in [-0.39, 0.29) is 5.91 Å². The number of thioether (sulfide) groups is 1. The molecule has 0 spiro atoms. The van der Waals surface area contributed by atoms with Gasteiger partial charge in [0.2, 0.25) is 5.91 Å². The number of nitrogen functional groups attached to an aromatic ring is 1. The molecule has 1 aromatic carbocycles. The Kier molecular flexibility index (Phi) is 4.41. The highest BCUT2D eigenvalue weighted by Gasteiger charge is 2.04. The van der Waals surface area contributed by atoms with E-state index in [9.17, 15) is 4.79 Å². The summed E-state index contributed by atoms with van der Waals surface area (Å²) in [5.74, 6) is 0.792. The van der Waals surface area contributed by atoms with E-state index in [0.29, 0.717) is 11.6 Å². The van der Waals surface area contributed by atoms with Gasteiger partial charge in [-0.25, -0.2) is 4.98 Å². The fourth-order valence-electron chi connectivity index (χ4n) is 1.55. The van der Waals surface area contributed by atoms with Gasteiger partial charge >= 0.3 is 0 Å². The van der Waals surface area contributed by atoms with Crippen LogP contribution in [0.2, 0.25) is 0 Å². The Morgan fingerprint density at radius 3 is 2.89 bits per heavy atom. The summed E-state index contributed by atoms with van der Waals surface area (Å²) < 4.78 is 0. The summed E-state index contributed by atoms with van der Waals surface area (Å²) in [5, 5.41) is 2.86. The molecule has 1 aromatic heterocycles. The van der Waals surface area contributed by atoms with E-state index in [1.54, 1.807) is 12.3 Å². The van der Waals surface area contributed by atoms with Crippen LogP contribution in [-0.2, 0) is 4.79 Å². The number of anilines is 2. The van der Waals surface area contributed by atoms with Crippen molar-refractivity contribution in [3.05, 3.63) is 48.2 Å². The van der Waals surface area contributed by atoms with Crippen molar-refractivity contribution in [1.29, 1.82) is 0 Å². The Labute approximate surface area is 116 Å². The van der Waals surface area contributed by atoms with Gasteiger partial charge in [0, 0.05) is 16.8 Å². The third kappa shape index (κ3) is 4.30. The molecule has 0 atom stereocenters. The average Bonchev–Trinajstić information content (AvgIpc) is 2.38. The van der Waals surface area contributed by atoms with Gasteiger partial charge in [0.25, 0.3) is 0 Å². The van der Waals surface area contributed by atoms with Crippen molar-refractivity contribution in [2.45, 2.75) is 11.8 Å². The Morgan fingerprint density at radius 1 is 1.37 bits per heavy atom. The maximum absolute atomic E-state index is 11.8. The van der Waals surface area contributed by atoms with Gasteiger partial charge < -0.3 is 11.1 Å². The number of rotatable bonds is 4. The van der Waals surface area contributed by atoms with Crippen molar-refractivity contribution in [3.63, 3.8) is 0 Å². The molecule has 3 N–H and O–H groups in total. The molecule has 0 aliphatic rings. The van der Waals surface area contributed by atoms with Gasteiger partial charge in [0.15, 0.2) is 0 Å². The number of hydrogen-bond donors (Lipinski definition) is 2. The first-order valence-corrected chi connectivity index (χ1v) is 6.83. The molecule has 0 fully saturated rings. The Bertz CT molecular complexity index is 569. The highest BCUT2D eigenvalue weighted by molar-refractivity contribution is 8.00. The predicted molar refractivity (Wildman–Crippen MR) is 79.2 cm³/mol. The molecule has 0 saturated heterocycles. The second kappa shape index (κ2) is 6.24. The second-order valence-electron chi connectivity index (χ2n) is 4.13. The van der Waals surface area contributed by atoms with E-state index >= 15 is 0 Å². The molecule has 0 radical (unpaired) electrons. The quantitative estimate of drug-likeness (QED) is 0.840. The number of hydrogen-bond acceptors (Lipinski definition) is 4. The molecule has 4 nitrogen and oxygen atoms in total. The molecule has 0 bridgehead atoms. The van der Waals surface area contributed by atoms with E-state index < -0.39 is 0 Å². The van der Waals surface area contributed by atoms with E-state index in [4.69, 9.17) is 5.73 Å². The zero-order valence-electron chi connectivity index (χ0n) is 10.6. The van der Waals surface area contributed by atoms with Gasteiger partial charge in [-0.3, -0.25) is 4.79 Å². The number of nitrogens with one attached hydrogen (secondary N) is 1.